The lowest BCUT2D eigenvalue weighted by Crippen LogP contribution is -2.49. The van der Waals surface area contributed by atoms with Crippen molar-refractivity contribution in [3.8, 4) is 11.1 Å². The SMILES string of the molecule is NNNC(=O)NC(=O)c1ccccc1-c1ccccc1C(F)(F)F. The van der Waals surface area contributed by atoms with Crippen LogP contribution < -0.4 is 22.1 Å². The van der Waals surface area contributed by atoms with Crippen LogP contribution in [0.3, 0.4) is 0 Å². The summed E-state index contributed by atoms with van der Waals surface area (Å²) in [7, 11) is 0. The minimum atomic E-state index is -4.58. The van der Waals surface area contributed by atoms with Crippen molar-refractivity contribution >= 4 is 11.9 Å². The highest BCUT2D eigenvalue weighted by atomic mass is 19.4. The van der Waals surface area contributed by atoms with Gasteiger partial charge < -0.3 is 0 Å². The Hall–Kier alpha value is -2.91. The first-order chi connectivity index (χ1) is 11.3. The largest absolute Gasteiger partial charge is 0.417 e. The summed E-state index contributed by atoms with van der Waals surface area (Å²) in [5.41, 5.74) is 2.69. The molecule has 2 aromatic rings. The third-order valence-corrected chi connectivity index (χ3v) is 3.11. The molecule has 0 unspecified atom stereocenters. The average Bonchev–Trinajstić information content (AvgIpc) is 2.54. The van der Waals surface area contributed by atoms with Crippen LogP contribution in [-0.2, 0) is 6.18 Å². The number of carbonyl (C=O) groups is 2. The number of carbonyl (C=O) groups excluding carboxylic acids is 2. The topological polar surface area (TPSA) is 96.2 Å². The number of amides is 3. The molecule has 0 atom stereocenters. The quantitative estimate of drug-likeness (QED) is 0.509. The Labute approximate surface area is 134 Å². The predicted molar refractivity (Wildman–Crippen MR) is 80.2 cm³/mol. The smallest absolute Gasteiger partial charge is 0.273 e. The monoisotopic (exact) mass is 338 g/mol. The van der Waals surface area contributed by atoms with E-state index in [9.17, 15) is 22.8 Å². The Bertz CT molecular complexity index is 762. The summed E-state index contributed by atoms with van der Waals surface area (Å²) >= 11 is 0. The van der Waals surface area contributed by atoms with E-state index in [2.05, 4.69) is 0 Å². The minimum Gasteiger partial charge on any atom is -0.273 e. The van der Waals surface area contributed by atoms with Crippen molar-refractivity contribution in [3.63, 3.8) is 0 Å². The molecule has 0 radical (unpaired) electrons. The number of alkyl halides is 3. The maximum absolute atomic E-state index is 13.2. The van der Waals surface area contributed by atoms with Crippen molar-refractivity contribution in [2.45, 2.75) is 6.18 Å². The van der Waals surface area contributed by atoms with E-state index in [1.54, 1.807) is 0 Å². The third-order valence-electron chi connectivity index (χ3n) is 3.11. The number of imide groups is 1. The van der Waals surface area contributed by atoms with Gasteiger partial charge in [-0.1, -0.05) is 36.4 Å². The van der Waals surface area contributed by atoms with Gasteiger partial charge in [0.2, 0.25) is 0 Å². The van der Waals surface area contributed by atoms with Crippen molar-refractivity contribution in [2.75, 3.05) is 0 Å². The molecule has 0 heterocycles. The maximum atomic E-state index is 13.2. The molecule has 0 saturated heterocycles. The molecule has 5 N–H and O–H groups in total. The molecule has 2 rings (SSSR count). The molecule has 6 nitrogen and oxygen atoms in total. The van der Waals surface area contributed by atoms with E-state index in [0.29, 0.717) is 0 Å². The van der Waals surface area contributed by atoms with E-state index in [1.807, 2.05) is 16.3 Å². The van der Waals surface area contributed by atoms with E-state index >= 15 is 0 Å². The molecule has 2 aromatic carbocycles. The van der Waals surface area contributed by atoms with Gasteiger partial charge in [-0.05, 0) is 23.3 Å². The van der Waals surface area contributed by atoms with Crippen LogP contribution >= 0.6 is 0 Å². The molecule has 24 heavy (non-hydrogen) atoms. The summed E-state index contributed by atoms with van der Waals surface area (Å²) in [5.74, 6) is 4.01. The Morgan fingerprint density at radius 2 is 1.50 bits per heavy atom. The highest BCUT2D eigenvalue weighted by Gasteiger charge is 2.34. The molecular formula is C15H13F3N4O2. The lowest BCUT2D eigenvalue weighted by atomic mass is 9.94. The van der Waals surface area contributed by atoms with E-state index in [0.717, 1.165) is 6.07 Å². The molecule has 0 spiro atoms. The van der Waals surface area contributed by atoms with E-state index in [4.69, 9.17) is 5.84 Å². The van der Waals surface area contributed by atoms with Crippen molar-refractivity contribution in [1.29, 1.82) is 0 Å². The first-order valence-electron chi connectivity index (χ1n) is 6.67. The number of halogens is 3. The first-order valence-corrected chi connectivity index (χ1v) is 6.67. The second-order valence-corrected chi connectivity index (χ2v) is 4.64. The van der Waals surface area contributed by atoms with Gasteiger partial charge >= 0.3 is 12.2 Å². The zero-order valence-corrected chi connectivity index (χ0v) is 12.1. The molecule has 0 aromatic heterocycles. The summed E-state index contributed by atoms with van der Waals surface area (Å²) in [6, 6.07) is 9.61. The van der Waals surface area contributed by atoms with Gasteiger partial charge in [0, 0.05) is 5.56 Å². The predicted octanol–water partition coefficient (Wildman–Crippen LogP) is 2.19. The minimum absolute atomic E-state index is 0.0523. The van der Waals surface area contributed by atoms with Crippen LogP contribution in [0.25, 0.3) is 11.1 Å². The molecule has 126 valence electrons. The highest BCUT2D eigenvalue weighted by molar-refractivity contribution is 6.08. The Kier molecular flexibility index (Phi) is 5.17. The molecule has 0 fully saturated rings. The molecule has 0 saturated carbocycles. The maximum Gasteiger partial charge on any atom is 0.417 e. The number of rotatable bonds is 3. The van der Waals surface area contributed by atoms with E-state index in [-0.39, 0.29) is 16.7 Å². The highest BCUT2D eigenvalue weighted by Crippen LogP contribution is 2.37. The van der Waals surface area contributed by atoms with Crippen molar-refractivity contribution in [2.24, 2.45) is 5.84 Å². The van der Waals surface area contributed by atoms with Gasteiger partial charge in [0.15, 0.2) is 0 Å². The molecule has 0 aliphatic heterocycles. The standard InChI is InChI=1S/C15H13F3N4O2/c16-15(17,18)12-8-4-3-6-10(12)9-5-1-2-7-11(9)13(23)20-14(24)21-22-19/h1-8,22H,19H2,(H2,20,21,23,24). The fraction of sp³-hybridized carbons (Fsp3) is 0.0667. The van der Waals surface area contributed by atoms with E-state index < -0.39 is 23.7 Å². The van der Waals surface area contributed by atoms with Crippen molar-refractivity contribution in [3.05, 3.63) is 59.7 Å². The van der Waals surface area contributed by atoms with Gasteiger partial charge in [-0.25, -0.2) is 4.79 Å². The number of nitrogens with two attached hydrogens (primary N) is 1. The van der Waals surface area contributed by atoms with Gasteiger partial charge in [-0.3, -0.25) is 21.4 Å². The van der Waals surface area contributed by atoms with Crippen LogP contribution in [0.1, 0.15) is 15.9 Å². The zero-order chi connectivity index (χ0) is 17.7. The second-order valence-electron chi connectivity index (χ2n) is 4.64. The molecule has 0 aliphatic rings. The van der Waals surface area contributed by atoms with Gasteiger partial charge in [0.1, 0.15) is 0 Å². The number of hydrogen-bond acceptors (Lipinski definition) is 4. The van der Waals surface area contributed by atoms with Crippen LogP contribution in [-0.4, -0.2) is 11.9 Å². The fourth-order valence-electron chi connectivity index (χ4n) is 2.15. The first kappa shape index (κ1) is 17.4. The van der Waals surface area contributed by atoms with Crippen molar-refractivity contribution < 1.29 is 22.8 Å². The number of hydrogen-bond donors (Lipinski definition) is 4. The Morgan fingerprint density at radius 1 is 0.917 bits per heavy atom. The van der Waals surface area contributed by atoms with Crippen LogP contribution in [0.15, 0.2) is 48.5 Å². The molecule has 3 amide bonds. The third kappa shape index (κ3) is 3.89. The average molecular weight is 338 g/mol. The van der Waals surface area contributed by atoms with Crippen LogP contribution in [0.4, 0.5) is 18.0 Å². The van der Waals surface area contributed by atoms with Gasteiger partial charge in [-0.15, -0.1) is 0 Å². The summed E-state index contributed by atoms with van der Waals surface area (Å²) in [6.45, 7) is 0. The van der Waals surface area contributed by atoms with Gasteiger partial charge in [-0.2, -0.15) is 18.7 Å². The number of urea groups is 1. The molecular weight excluding hydrogens is 325 g/mol. The number of hydrazine groups is 2. The summed E-state index contributed by atoms with van der Waals surface area (Å²) in [6.07, 6.45) is -4.58. The lowest BCUT2D eigenvalue weighted by Gasteiger charge is -2.15. The number of benzene rings is 2. The van der Waals surface area contributed by atoms with Gasteiger partial charge in [0.25, 0.3) is 5.91 Å². The lowest BCUT2D eigenvalue weighted by molar-refractivity contribution is -0.137. The van der Waals surface area contributed by atoms with Crippen LogP contribution in [0.5, 0.6) is 0 Å². The summed E-state index contributed by atoms with van der Waals surface area (Å²) < 4.78 is 39.6. The normalized spacial score (nSPS) is 11.0. The Balaban J connectivity index is 2.48. The van der Waals surface area contributed by atoms with Gasteiger partial charge in [0.05, 0.1) is 5.56 Å². The Morgan fingerprint density at radius 3 is 2.12 bits per heavy atom. The molecule has 0 bridgehead atoms. The fourth-order valence-corrected chi connectivity index (χ4v) is 2.15. The summed E-state index contributed by atoms with van der Waals surface area (Å²) in [5, 5.41) is 1.95. The van der Waals surface area contributed by atoms with E-state index in [1.165, 1.54) is 42.5 Å². The summed E-state index contributed by atoms with van der Waals surface area (Å²) in [4.78, 5) is 23.5. The molecule has 0 aliphatic carbocycles. The van der Waals surface area contributed by atoms with Crippen LogP contribution in [0, 0.1) is 0 Å². The molecule has 9 heteroatoms. The number of nitrogens with one attached hydrogen (secondary N) is 3. The zero-order valence-electron chi connectivity index (χ0n) is 12.1. The second kappa shape index (κ2) is 7.11. The van der Waals surface area contributed by atoms with Crippen LogP contribution in [0.2, 0.25) is 0 Å². The van der Waals surface area contributed by atoms with Crippen molar-refractivity contribution in [1.82, 2.24) is 16.3 Å².